The van der Waals surface area contributed by atoms with Gasteiger partial charge in [-0.3, -0.25) is 4.79 Å². The highest BCUT2D eigenvalue weighted by molar-refractivity contribution is 6.34. The molecule has 1 aromatic heterocycles. The first-order valence-corrected chi connectivity index (χ1v) is 6.70. The summed E-state index contributed by atoms with van der Waals surface area (Å²) >= 11 is 11.7. The average molecular weight is 275 g/mol. The van der Waals surface area contributed by atoms with Crippen LogP contribution < -0.4 is 5.56 Å². The van der Waals surface area contributed by atoms with Crippen LogP contribution in [0.1, 0.15) is 19.3 Å². The molecule has 2 heterocycles. The molecule has 3 nitrogen and oxygen atoms in total. The van der Waals surface area contributed by atoms with Crippen molar-refractivity contribution in [3.05, 3.63) is 32.7 Å². The average Bonchev–Trinajstić information content (AvgIpc) is 2.33. The van der Waals surface area contributed by atoms with Gasteiger partial charge in [0.2, 0.25) is 0 Å². The van der Waals surface area contributed by atoms with Crippen molar-refractivity contribution in [3.63, 3.8) is 0 Å². The van der Waals surface area contributed by atoms with Crippen LogP contribution in [0, 0.1) is 0 Å². The Balaban J connectivity index is 2.00. The lowest BCUT2D eigenvalue weighted by atomic mass is 10.1. The van der Waals surface area contributed by atoms with Crippen LogP contribution in [0.4, 0.5) is 0 Å². The van der Waals surface area contributed by atoms with Crippen molar-refractivity contribution in [2.24, 2.45) is 0 Å². The minimum absolute atomic E-state index is 0.159. The first-order chi connectivity index (χ1) is 8.16. The third-order valence-corrected chi connectivity index (χ3v) is 3.59. The number of hydrogen-bond acceptors (Lipinski definition) is 2. The Morgan fingerprint density at radius 1 is 1.12 bits per heavy atom. The Morgan fingerprint density at radius 2 is 1.82 bits per heavy atom. The van der Waals surface area contributed by atoms with Crippen LogP contribution in [0.25, 0.3) is 0 Å². The number of rotatable bonds is 3. The van der Waals surface area contributed by atoms with Crippen LogP contribution in [-0.2, 0) is 6.54 Å². The van der Waals surface area contributed by atoms with Crippen molar-refractivity contribution < 1.29 is 0 Å². The highest BCUT2D eigenvalue weighted by Crippen LogP contribution is 2.12. The summed E-state index contributed by atoms with van der Waals surface area (Å²) in [4.78, 5) is 14.1. The van der Waals surface area contributed by atoms with Crippen molar-refractivity contribution in [3.8, 4) is 0 Å². The number of likely N-dealkylation sites (tertiary alicyclic amines) is 1. The quantitative estimate of drug-likeness (QED) is 0.847. The van der Waals surface area contributed by atoms with Crippen LogP contribution >= 0.6 is 23.2 Å². The molecule has 1 aliphatic heterocycles. The van der Waals surface area contributed by atoms with Gasteiger partial charge in [0.25, 0.3) is 5.56 Å². The second-order valence-electron chi connectivity index (χ2n) is 4.41. The van der Waals surface area contributed by atoms with E-state index < -0.39 is 0 Å². The summed E-state index contributed by atoms with van der Waals surface area (Å²) in [5.74, 6) is 0. The fourth-order valence-electron chi connectivity index (χ4n) is 2.16. The zero-order valence-corrected chi connectivity index (χ0v) is 11.2. The molecule has 0 radical (unpaired) electrons. The molecule has 0 aromatic carbocycles. The molecule has 94 valence electrons. The Morgan fingerprint density at radius 3 is 2.53 bits per heavy atom. The van der Waals surface area contributed by atoms with E-state index in [2.05, 4.69) is 4.90 Å². The normalized spacial score (nSPS) is 17.3. The van der Waals surface area contributed by atoms with E-state index in [1.165, 1.54) is 25.3 Å². The predicted octanol–water partition coefficient (Wildman–Crippen LogP) is 2.64. The molecular weight excluding hydrogens is 259 g/mol. The molecule has 0 spiro atoms. The fourth-order valence-corrected chi connectivity index (χ4v) is 2.67. The smallest absolute Gasteiger partial charge is 0.269 e. The molecule has 1 aromatic rings. The molecule has 1 aliphatic rings. The van der Waals surface area contributed by atoms with Crippen LogP contribution in [0.3, 0.4) is 0 Å². The van der Waals surface area contributed by atoms with Crippen LogP contribution in [-0.4, -0.2) is 29.1 Å². The minimum atomic E-state index is -0.159. The summed E-state index contributed by atoms with van der Waals surface area (Å²) in [7, 11) is 0. The van der Waals surface area contributed by atoms with Gasteiger partial charge in [-0.25, -0.2) is 0 Å². The van der Waals surface area contributed by atoms with E-state index in [4.69, 9.17) is 23.2 Å². The standard InChI is InChI=1S/C12H16Cl2N2O/c13-10-8-11(14)12(17)16(9-10)7-6-15-4-2-1-3-5-15/h8-9H,1-7H2. The second-order valence-corrected chi connectivity index (χ2v) is 5.25. The van der Waals surface area contributed by atoms with Gasteiger partial charge in [-0.15, -0.1) is 0 Å². The number of aromatic nitrogens is 1. The summed E-state index contributed by atoms with van der Waals surface area (Å²) in [6.45, 7) is 3.79. The van der Waals surface area contributed by atoms with E-state index in [0.717, 1.165) is 19.6 Å². The summed E-state index contributed by atoms with van der Waals surface area (Å²) in [6.07, 6.45) is 5.48. The second kappa shape index (κ2) is 5.89. The highest BCUT2D eigenvalue weighted by Gasteiger charge is 2.10. The van der Waals surface area contributed by atoms with Crippen molar-refractivity contribution in [1.29, 1.82) is 0 Å². The zero-order valence-electron chi connectivity index (χ0n) is 9.66. The molecular formula is C12H16Cl2N2O. The lowest BCUT2D eigenvalue weighted by Crippen LogP contribution is -2.34. The largest absolute Gasteiger partial charge is 0.311 e. The summed E-state index contributed by atoms with van der Waals surface area (Å²) in [6, 6.07) is 1.49. The van der Waals surface area contributed by atoms with Crippen molar-refractivity contribution in [2.45, 2.75) is 25.8 Å². The van der Waals surface area contributed by atoms with E-state index in [-0.39, 0.29) is 10.6 Å². The molecule has 5 heteroatoms. The van der Waals surface area contributed by atoms with E-state index in [1.54, 1.807) is 10.8 Å². The topological polar surface area (TPSA) is 25.2 Å². The third kappa shape index (κ3) is 3.47. The van der Waals surface area contributed by atoms with Gasteiger partial charge < -0.3 is 9.47 Å². The number of piperidine rings is 1. The molecule has 0 bridgehead atoms. The third-order valence-electron chi connectivity index (χ3n) is 3.11. The Bertz CT molecular complexity index is 439. The number of pyridine rings is 1. The molecule has 0 atom stereocenters. The first-order valence-electron chi connectivity index (χ1n) is 5.94. The van der Waals surface area contributed by atoms with Crippen LogP contribution in [0.15, 0.2) is 17.1 Å². The molecule has 0 unspecified atom stereocenters. The Hall–Kier alpha value is -0.510. The number of nitrogens with zero attached hydrogens (tertiary/aromatic N) is 2. The maximum Gasteiger partial charge on any atom is 0.269 e. The van der Waals surface area contributed by atoms with Gasteiger partial charge in [0, 0.05) is 19.3 Å². The van der Waals surface area contributed by atoms with Gasteiger partial charge in [-0.2, -0.15) is 0 Å². The maximum atomic E-state index is 11.7. The van der Waals surface area contributed by atoms with Gasteiger partial charge in [0.1, 0.15) is 5.02 Å². The molecule has 2 rings (SSSR count). The molecule has 1 saturated heterocycles. The molecule has 0 amide bonds. The lowest BCUT2D eigenvalue weighted by Gasteiger charge is -2.26. The summed E-state index contributed by atoms with van der Waals surface area (Å²) in [5.41, 5.74) is -0.159. The molecule has 0 saturated carbocycles. The summed E-state index contributed by atoms with van der Waals surface area (Å²) < 4.78 is 1.60. The van der Waals surface area contributed by atoms with Gasteiger partial charge in [-0.1, -0.05) is 29.6 Å². The van der Waals surface area contributed by atoms with Crippen molar-refractivity contribution >= 4 is 23.2 Å². The van der Waals surface area contributed by atoms with Crippen LogP contribution in [0.2, 0.25) is 10.0 Å². The monoisotopic (exact) mass is 274 g/mol. The van der Waals surface area contributed by atoms with E-state index >= 15 is 0 Å². The Labute approximate surface area is 111 Å². The minimum Gasteiger partial charge on any atom is -0.311 e. The number of hydrogen-bond donors (Lipinski definition) is 0. The molecule has 1 fully saturated rings. The van der Waals surface area contributed by atoms with Gasteiger partial charge in [-0.05, 0) is 32.0 Å². The maximum absolute atomic E-state index is 11.7. The number of halogens is 2. The molecule has 0 aliphatic carbocycles. The van der Waals surface area contributed by atoms with Gasteiger partial charge >= 0.3 is 0 Å². The molecule has 17 heavy (non-hydrogen) atoms. The van der Waals surface area contributed by atoms with Crippen molar-refractivity contribution in [2.75, 3.05) is 19.6 Å². The zero-order chi connectivity index (χ0) is 12.3. The SMILES string of the molecule is O=c1c(Cl)cc(Cl)cn1CCN1CCCCC1. The van der Waals surface area contributed by atoms with E-state index in [1.807, 2.05) is 0 Å². The van der Waals surface area contributed by atoms with Gasteiger partial charge in [0.05, 0.1) is 5.02 Å². The lowest BCUT2D eigenvalue weighted by molar-refractivity contribution is 0.220. The van der Waals surface area contributed by atoms with Crippen LogP contribution in [0.5, 0.6) is 0 Å². The Kier molecular flexibility index (Phi) is 4.48. The van der Waals surface area contributed by atoms with Gasteiger partial charge in [0.15, 0.2) is 0 Å². The van der Waals surface area contributed by atoms with Crippen molar-refractivity contribution in [1.82, 2.24) is 9.47 Å². The summed E-state index contributed by atoms with van der Waals surface area (Å²) in [5, 5.41) is 0.699. The highest BCUT2D eigenvalue weighted by atomic mass is 35.5. The first kappa shape index (κ1) is 12.9. The van der Waals surface area contributed by atoms with E-state index in [9.17, 15) is 4.79 Å². The fraction of sp³-hybridized carbons (Fsp3) is 0.583. The molecule has 0 N–H and O–H groups in total. The van der Waals surface area contributed by atoms with E-state index in [0.29, 0.717) is 11.6 Å². The predicted molar refractivity (Wildman–Crippen MR) is 71.0 cm³/mol.